The van der Waals surface area contributed by atoms with Crippen LogP contribution in [0.1, 0.15) is 12.5 Å². The lowest BCUT2D eigenvalue weighted by molar-refractivity contribution is 0.220. The van der Waals surface area contributed by atoms with E-state index < -0.39 is 29.6 Å². The molecule has 20 heavy (non-hydrogen) atoms. The summed E-state index contributed by atoms with van der Waals surface area (Å²) in [6.45, 7) is 1.17. The smallest absolute Gasteiger partial charge is 0.131 e. The number of anilines is 1. The van der Waals surface area contributed by atoms with Crippen LogP contribution in [-0.4, -0.2) is 11.7 Å². The Morgan fingerprint density at radius 1 is 1.00 bits per heavy atom. The Bertz CT molecular complexity index is 601. The first-order valence-electron chi connectivity index (χ1n) is 6.05. The molecule has 0 aliphatic rings. The van der Waals surface area contributed by atoms with Crippen molar-refractivity contribution in [3.8, 4) is 0 Å². The monoisotopic (exact) mass is 281 g/mol. The molecule has 0 bridgehead atoms. The molecule has 106 valence electrons. The van der Waals surface area contributed by atoms with Crippen molar-refractivity contribution in [1.82, 2.24) is 0 Å². The quantitative estimate of drug-likeness (QED) is 0.900. The normalized spacial score (nSPS) is 13.8. The molecular weight excluding hydrogens is 267 g/mol. The molecule has 0 aromatic heterocycles. The molecule has 0 radical (unpaired) electrons. The van der Waals surface area contributed by atoms with Gasteiger partial charge in [-0.1, -0.05) is 6.07 Å². The Balaban J connectivity index is 2.35. The zero-order valence-corrected chi connectivity index (χ0v) is 10.8. The molecule has 2 aromatic rings. The van der Waals surface area contributed by atoms with Gasteiger partial charge in [-0.25, -0.2) is 13.2 Å². The fraction of sp³-hybridized carbons (Fsp3) is 0.200. The highest BCUT2D eigenvalue weighted by molar-refractivity contribution is 5.48. The summed E-state index contributed by atoms with van der Waals surface area (Å²) in [5.41, 5.74) is -0.493. The lowest BCUT2D eigenvalue weighted by atomic mass is 9.92. The van der Waals surface area contributed by atoms with Gasteiger partial charge in [-0.05, 0) is 37.3 Å². The highest BCUT2D eigenvalue weighted by Gasteiger charge is 2.29. The molecule has 1 unspecified atom stereocenters. The van der Waals surface area contributed by atoms with E-state index >= 15 is 0 Å². The second kappa shape index (κ2) is 5.54. The van der Waals surface area contributed by atoms with E-state index in [-0.39, 0.29) is 5.56 Å². The molecular formula is C15H14F3NO. The molecule has 2 rings (SSSR count). The zero-order valence-electron chi connectivity index (χ0n) is 10.8. The third-order valence-corrected chi connectivity index (χ3v) is 3.11. The summed E-state index contributed by atoms with van der Waals surface area (Å²) in [6.07, 6.45) is 0. The van der Waals surface area contributed by atoms with Gasteiger partial charge in [0.1, 0.15) is 17.5 Å². The molecule has 2 N–H and O–H groups in total. The average molecular weight is 281 g/mol. The van der Waals surface area contributed by atoms with Crippen LogP contribution < -0.4 is 5.32 Å². The molecule has 0 aliphatic carbocycles. The van der Waals surface area contributed by atoms with Crippen molar-refractivity contribution in [2.75, 3.05) is 11.9 Å². The maximum atomic E-state index is 13.8. The van der Waals surface area contributed by atoms with Gasteiger partial charge in [0.15, 0.2) is 0 Å². The summed E-state index contributed by atoms with van der Waals surface area (Å²) in [7, 11) is 0. The van der Waals surface area contributed by atoms with Crippen LogP contribution in [0.2, 0.25) is 0 Å². The summed E-state index contributed by atoms with van der Waals surface area (Å²) in [4.78, 5) is 0. The number of halogens is 3. The Morgan fingerprint density at radius 2 is 1.60 bits per heavy atom. The number of rotatable bonds is 4. The number of hydrogen-bond acceptors (Lipinski definition) is 2. The number of aliphatic hydroxyl groups excluding tert-OH is 1. The van der Waals surface area contributed by atoms with Crippen LogP contribution in [0.25, 0.3) is 0 Å². The van der Waals surface area contributed by atoms with Gasteiger partial charge in [-0.3, -0.25) is 0 Å². The van der Waals surface area contributed by atoms with Gasteiger partial charge in [0, 0.05) is 17.3 Å². The first-order chi connectivity index (χ1) is 9.44. The van der Waals surface area contributed by atoms with E-state index in [1.165, 1.54) is 30.3 Å². The van der Waals surface area contributed by atoms with E-state index in [0.717, 1.165) is 12.1 Å². The minimum absolute atomic E-state index is 0.130. The van der Waals surface area contributed by atoms with E-state index in [0.29, 0.717) is 5.69 Å². The average Bonchev–Trinajstić information content (AvgIpc) is 2.41. The first-order valence-corrected chi connectivity index (χ1v) is 6.05. The molecule has 0 spiro atoms. The van der Waals surface area contributed by atoms with Crippen molar-refractivity contribution in [2.24, 2.45) is 0 Å². The van der Waals surface area contributed by atoms with E-state index in [4.69, 9.17) is 0 Å². The maximum absolute atomic E-state index is 13.8. The summed E-state index contributed by atoms with van der Waals surface area (Å²) >= 11 is 0. The predicted octanol–water partition coefficient (Wildman–Crippen LogP) is 3.42. The van der Waals surface area contributed by atoms with Crippen molar-refractivity contribution in [3.05, 3.63) is 65.5 Å². The van der Waals surface area contributed by atoms with Gasteiger partial charge in [-0.15, -0.1) is 0 Å². The number of nitrogens with one attached hydrogen (secondary N) is 1. The standard InChI is InChI=1S/C15H14F3NO/c1-15(9-20,13-7-4-11(17)8-14(13)18)19-12-5-2-10(16)3-6-12/h2-8,19-20H,9H2,1H3. The lowest BCUT2D eigenvalue weighted by Crippen LogP contribution is -2.36. The molecule has 0 heterocycles. The van der Waals surface area contributed by atoms with Crippen molar-refractivity contribution >= 4 is 5.69 Å². The highest BCUT2D eigenvalue weighted by Crippen LogP contribution is 2.28. The van der Waals surface area contributed by atoms with Crippen LogP contribution in [0.3, 0.4) is 0 Å². The Labute approximate surface area is 114 Å². The van der Waals surface area contributed by atoms with Crippen LogP contribution in [0.5, 0.6) is 0 Å². The molecule has 0 saturated carbocycles. The Hall–Kier alpha value is -2.01. The molecule has 5 heteroatoms. The van der Waals surface area contributed by atoms with E-state index in [1.54, 1.807) is 6.92 Å². The second-order valence-corrected chi connectivity index (χ2v) is 4.75. The van der Waals surface area contributed by atoms with Crippen molar-refractivity contribution < 1.29 is 18.3 Å². The highest BCUT2D eigenvalue weighted by atomic mass is 19.1. The summed E-state index contributed by atoms with van der Waals surface area (Å²) in [6, 6.07) is 8.61. The van der Waals surface area contributed by atoms with Gasteiger partial charge >= 0.3 is 0 Å². The van der Waals surface area contributed by atoms with Crippen molar-refractivity contribution in [3.63, 3.8) is 0 Å². The van der Waals surface area contributed by atoms with Crippen LogP contribution in [0, 0.1) is 17.5 Å². The SMILES string of the molecule is CC(CO)(Nc1ccc(F)cc1)c1ccc(F)cc1F. The van der Waals surface area contributed by atoms with Gasteiger partial charge in [0.2, 0.25) is 0 Å². The predicted molar refractivity (Wildman–Crippen MR) is 70.8 cm³/mol. The first kappa shape index (κ1) is 14.4. The van der Waals surface area contributed by atoms with E-state index in [2.05, 4.69) is 5.32 Å². The third-order valence-electron chi connectivity index (χ3n) is 3.11. The molecule has 2 aromatic carbocycles. The largest absolute Gasteiger partial charge is 0.394 e. The number of hydrogen-bond donors (Lipinski definition) is 2. The Kier molecular flexibility index (Phi) is 3.99. The minimum atomic E-state index is -1.14. The van der Waals surface area contributed by atoms with Crippen LogP contribution in [-0.2, 0) is 5.54 Å². The van der Waals surface area contributed by atoms with Gasteiger partial charge < -0.3 is 10.4 Å². The molecule has 2 nitrogen and oxygen atoms in total. The molecule has 0 aliphatic heterocycles. The topological polar surface area (TPSA) is 32.3 Å². The number of benzene rings is 2. The van der Waals surface area contributed by atoms with Crippen molar-refractivity contribution in [2.45, 2.75) is 12.5 Å². The fourth-order valence-electron chi connectivity index (χ4n) is 1.98. The molecule has 1 atom stereocenters. The van der Waals surface area contributed by atoms with Gasteiger partial charge in [-0.2, -0.15) is 0 Å². The Morgan fingerprint density at radius 3 is 2.15 bits per heavy atom. The van der Waals surface area contributed by atoms with Gasteiger partial charge in [0.05, 0.1) is 12.1 Å². The second-order valence-electron chi connectivity index (χ2n) is 4.75. The zero-order chi connectivity index (χ0) is 14.8. The molecule has 0 saturated heterocycles. The number of aliphatic hydroxyl groups is 1. The summed E-state index contributed by atoms with van der Waals surface area (Å²) in [5.74, 6) is -1.83. The summed E-state index contributed by atoms with van der Waals surface area (Å²) in [5, 5.41) is 12.5. The van der Waals surface area contributed by atoms with E-state index in [1.807, 2.05) is 0 Å². The van der Waals surface area contributed by atoms with Crippen LogP contribution in [0.4, 0.5) is 18.9 Å². The van der Waals surface area contributed by atoms with E-state index in [9.17, 15) is 18.3 Å². The lowest BCUT2D eigenvalue weighted by Gasteiger charge is -2.31. The summed E-state index contributed by atoms with van der Waals surface area (Å²) < 4.78 is 39.6. The van der Waals surface area contributed by atoms with Crippen molar-refractivity contribution in [1.29, 1.82) is 0 Å². The molecule has 0 fully saturated rings. The van der Waals surface area contributed by atoms with Crippen LogP contribution >= 0.6 is 0 Å². The fourth-order valence-corrected chi connectivity index (χ4v) is 1.98. The van der Waals surface area contributed by atoms with Gasteiger partial charge in [0.25, 0.3) is 0 Å². The third kappa shape index (κ3) is 2.93. The molecule has 0 amide bonds. The minimum Gasteiger partial charge on any atom is -0.394 e. The maximum Gasteiger partial charge on any atom is 0.131 e. The van der Waals surface area contributed by atoms with Crippen LogP contribution in [0.15, 0.2) is 42.5 Å².